The topological polar surface area (TPSA) is 79.4 Å². The van der Waals surface area contributed by atoms with Crippen molar-refractivity contribution >= 4 is 11.5 Å². The van der Waals surface area contributed by atoms with Crippen LogP contribution in [0, 0.1) is 13.8 Å². The maximum atomic E-state index is 4.96. The lowest BCUT2D eigenvalue weighted by Gasteiger charge is -2.09. The number of nitrogens with zero attached hydrogens (tertiary/aromatic N) is 4. The van der Waals surface area contributed by atoms with Crippen LogP contribution in [0.2, 0.25) is 0 Å². The minimum atomic E-state index is 0.779. The summed E-state index contributed by atoms with van der Waals surface area (Å²) < 4.78 is 0. The Hall–Kier alpha value is -3.54. The molecule has 0 aliphatic carbocycles. The van der Waals surface area contributed by atoms with Crippen LogP contribution >= 0.6 is 0 Å². The van der Waals surface area contributed by atoms with Crippen LogP contribution in [0.1, 0.15) is 11.1 Å². The summed E-state index contributed by atoms with van der Waals surface area (Å²) in [7, 11) is 0. The van der Waals surface area contributed by atoms with Gasteiger partial charge in [0.1, 0.15) is 17.3 Å². The van der Waals surface area contributed by atoms with E-state index in [0.717, 1.165) is 56.5 Å². The molecule has 126 valence electrons. The van der Waals surface area contributed by atoms with E-state index in [9.17, 15) is 0 Å². The maximum Gasteiger partial charge on any atom is 0.139 e. The molecule has 5 rings (SSSR count). The molecular formula is C20H16N6. The zero-order valence-corrected chi connectivity index (χ0v) is 14.4. The molecule has 4 aromatic rings. The number of anilines is 2. The summed E-state index contributed by atoms with van der Waals surface area (Å²) in [5.74, 6) is 1.62. The average Bonchev–Trinajstić information content (AvgIpc) is 3.02. The highest BCUT2D eigenvalue weighted by Crippen LogP contribution is 2.43. The SMILES string of the molecule is Cc1cncc(C)c1-c1nc2c([nH]1)-c1ccncc1Nc1ncccc1-2. The van der Waals surface area contributed by atoms with E-state index in [0.29, 0.717) is 0 Å². The molecule has 0 spiro atoms. The fourth-order valence-corrected chi connectivity index (χ4v) is 3.49. The maximum absolute atomic E-state index is 4.96. The quantitative estimate of drug-likeness (QED) is 0.476. The molecule has 6 nitrogen and oxygen atoms in total. The molecule has 0 atom stereocenters. The lowest BCUT2D eigenvalue weighted by Crippen LogP contribution is -1.96. The van der Waals surface area contributed by atoms with Crippen LogP contribution < -0.4 is 5.32 Å². The molecule has 0 bridgehead atoms. The van der Waals surface area contributed by atoms with Crippen molar-refractivity contribution in [3.63, 3.8) is 0 Å². The summed E-state index contributed by atoms with van der Waals surface area (Å²) in [6, 6.07) is 5.95. The zero-order valence-electron chi connectivity index (χ0n) is 14.4. The van der Waals surface area contributed by atoms with Gasteiger partial charge in [-0.1, -0.05) is 0 Å². The van der Waals surface area contributed by atoms with Gasteiger partial charge in [-0.15, -0.1) is 0 Å². The molecule has 4 aromatic heterocycles. The molecule has 0 saturated carbocycles. The number of pyridine rings is 3. The van der Waals surface area contributed by atoms with Crippen molar-refractivity contribution in [3.8, 4) is 33.9 Å². The number of aromatic nitrogens is 5. The normalized spacial score (nSPS) is 11.8. The van der Waals surface area contributed by atoms with E-state index in [1.54, 1.807) is 12.4 Å². The molecule has 0 aromatic carbocycles. The first-order chi connectivity index (χ1) is 12.7. The summed E-state index contributed by atoms with van der Waals surface area (Å²) in [4.78, 5) is 21.5. The Labute approximate surface area is 150 Å². The lowest BCUT2D eigenvalue weighted by atomic mass is 10.1. The number of aryl methyl sites for hydroxylation is 2. The molecule has 5 heterocycles. The molecule has 0 fully saturated rings. The largest absolute Gasteiger partial charge is 0.338 e. The van der Waals surface area contributed by atoms with Gasteiger partial charge >= 0.3 is 0 Å². The first-order valence-corrected chi connectivity index (χ1v) is 8.41. The highest BCUT2D eigenvalue weighted by molar-refractivity contribution is 5.95. The number of rotatable bonds is 1. The smallest absolute Gasteiger partial charge is 0.139 e. The Morgan fingerprint density at radius 1 is 0.885 bits per heavy atom. The second kappa shape index (κ2) is 5.49. The van der Waals surface area contributed by atoms with E-state index in [2.05, 4.69) is 39.1 Å². The van der Waals surface area contributed by atoms with Gasteiger partial charge in [-0.25, -0.2) is 9.97 Å². The zero-order chi connectivity index (χ0) is 17.7. The molecule has 0 radical (unpaired) electrons. The van der Waals surface area contributed by atoms with Gasteiger partial charge in [0.25, 0.3) is 0 Å². The van der Waals surface area contributed by atoms with E-state index in [1.807, 2.05) is 36.8 Å². The van der Waals surface area contributed by atoms with Gasteiger partial charge in [-0.2, -0.15) is 0 Å². The molecule has 0 saturated heterocycles. The molecule has 0 unspecified atom stereocenters. The molecule has 0 amide bonds. The number of aromatic amines is 1. The molecule has 6 heteroatoms. The Morgan fingerprint density at radius 3 is 2.58 bits per heavy atom. The van der Waals surface area contributed by atoms with E-state index >= 15 is 0 Å². The van der Waals surface area contributed by atoms with E-state index < -0.39 is 0 Å². The summed E-state index contributed by atoms with van der Waals surface area (Å²) in [6.07, 6.45) is 9.11. The van der Waals surface area contributed by atoms with Crippen LogP contribution in [0.3, 0.4) is 0 Å². The Bertz CT molecular complexity index is 1060. The Morgan fingerprint density at radius 2 is 1.73 bits per heavy atom. The second-order valence-corrected chi connectivity index (χ2v) is 6.40. The number of fused-ring (bicyclic) bond motifs is 5. The van der Waals surface area contributed by atoms with Crippen molar-refractivity contribution in [2.45, 2.75) is 13.8 Å². The van der Waals surface area contributed by atoms with Gasteiger partial charge in [-0.3, -0.25) is 9.97 Å². The fraction of sp³-hybridized carbons (Fsp3) is 0.100. The predicted molar refractivity (Wildman–Crippen MR) is 101 cm³/mol. The van der Waals surface area contributed by atoms with Crippen molar-refractivity contribution in [1.82, 2.24) is 24.9 Å². The van der Waals surface area contributed by atoms with E-state index in [-0.39, 0.29) is 0 Å². The third-order valence-electron chi connectivity index (χ3n) is 4.67. The molecule has 2 N–H and O–H groups in total. The van der Waals surface area contributed by atoms with Crippen molar-refractivity contribution in [1.29, 1.82) is 0 Å². The van der Waals surface area contributed by atoms with Crippen molar-refractivity contribution < 1.29 is 0 Å². The van der Waals surface area contributed by atoms with Gasteiger partial charge in [0.15, 0.2) is 0 Å². The van der Waals surface area contributed by atoms with Crippen molar-refractivity contribution in [3.05, 3.63) is 60.3 Å². The monoisotopic (exact) mass is 340 g/mol. The summed E-state index contributed by atoms with van der Waals surface area (Å²) in [6.45, 7) is 4.11. The number of H-pyrrole nitrogens is 1. The van der Waals surface area contributed by atoms with Gasteiger partial charge < -0.3 is 10.3 Å². The molecule has 1 aliphatic heterocycles. The number of hydrogen-bond acceptors (Lipinski definition) is 5. The first kappa shape index (κ1) is 14.8. The van der Waals surface area contributed by atoms with Gasteiger partial charge in [0.05, 0.1) is 17.6 Å². The summed E-state index contributed by atoms with van der Waals surface area (Å²) >= 11 is 0. The Balaban J connectivity index is 1.84. The van der Waals surface area contributed by atoms with Crippen LogP contribution in [0.4, 0.5) is 11.5 Å². The van der Waals surface area contributed by atoms with Crippen LogP contribution in [0.5, 0.6) is 0 Å². The first-order valence-electron chi connectivity index (χ1n) is 8.41. The highest BCUT2D eigenvalue weighted by atomic mass is 15.0. The minimum absolute atomic E-state index is 0.779. The molecule has 1 aliphatic rings. The average molecular weight is 340 g/mol. The van der Waals surface area contributed by atoms with Crippen LogP contribution in [-0.4, -0.2) is 24.9 Å². The van der Waals surface area contributed by atoms with E-state index in [4.69, 9.17) is 4.98 Å². The van der Waals surface area contributed by atoms with E-state index in [1.165, 1.54) is 0 Å². The van der Waals surface area contributed by atoms with Gasteiger partial charge in [-0.05, 0) is 43.2 Å². The minimum Gasteiger partial charge on any atom is -0.338 e. The molecular weight excluding hydrogens is 324 g/mol. The summed E-state index contributed by atoms with van der Waals surface area (Å²) in [5.41, 5.74) is 8.01. The number of nitrogens with one attached hydrogen (secondary N) is 2. The van der Waals surface area contributed by atoms with Gasteiger partial charge in [0.2, 0.25) is 0 Å². The third kappa shape index (κ3) is 2.12. The lowest BCUT2D eigenvalue weighted by molar-refractivity contribution is 1.19. The van der Waals surface area contributed by atoms with Gasteiger partial charge in [0, 0.05) is 41.5 Å². The van der Waals surface area contributed by atoms with Crippen LogP contribution in [0.25, 0.3) is 33.9 Å². The number of hydrogen-bond donors (Lipinski definition) is 2. The van der Waals surface area contributed by atoms with Crippen LogP contribution in [-0.2, 0) is 0 Å². The fourth-order valence-electron chi connectivity index (χ4n) is 3.49. The molecule has 26 heavy (non-hydrogen) atoms. The predicted octanol–water partition coefficient (Wildman–Crippen LogP) is 4.27. The van der Waals surface area contributed by atoms with Crippen molar-refractivity contribution in [2.24, 2.45) is 0 Å². The van der Waals surface area contributed by atoms with Crippen LogP contribution in [0.15, 0.2) is 49.2 Å². The summed E-state index contributed by atoms with van der Waals surface area (Å²) in [5, 5.41) is 3.37. The highest BCUT2D eigenvalue weighted by Gasteiger charge is 2.24. The van der Waals surface area contributed by atoms with Crippen molar-refractivity contribution in [2.75, 3.05) is 5.32 Å². The second-order valence-electron chi connectivity index (χ2n) is 6.40. The third-order valence-corrected chi connectivity index (χ3v) is 4.67. The standard InChI is InChI=1S/C20H16N6/c1-11-8-22-9-12(2)16(11)20-25-17-13-5-7-21-10-15(13)24-19-14(18(17)26-20)4-3-6-23-19/h3-10H,1-2H3,(H,23,24)(H,25,26). The Kier molecular flexibility index (Phi) is 3.12. The number of imidazole rings is 1.